The van der Waals surface area contributed by atoms with Gasteiger partial charge in [-0.3, -0.25) is 0 Å². The molecule has 4 nitrogen and oxygen atoms in total. The molecule has 5 heteroatoms. The number of rotatable bonds is 2. The molecule has 1 heterocycles. The summed E-state index contributed by atoms with van der Waals surface area (Å²) in [5.74, 6) is 0.232. The quantitative estimate of drug-likeness (QED) is 0.704. The minimum absolute atomic E-state index is 0.0237. The maximum absolute atomic E-state index is 9.87. The summed E-state index contributed by atoms with van der Waals surface area (Å²) in [6, 6.07) is 3.32. The first-order valence-electron chi connectivity index (χ1n) is 4.62. The highest BCUT2D eigenvalue weighted by atomic mass is 16.7. The smallest absolute Gasteiger partial charge is 0.187 e. The third kappa shape index (κ3) is 1.80. The molecule has 15 heavy (non-hydrogen) atoms. The second-order valence-electron chi connectivity index (χ2n) is 3.20. The Morgan fingerprint density at radius 1 is 1.40 bits per heavy atom. The second-order valence-corrected chi connectivity index (χ2v) is 3.20. The van der Waals surface area contributed by atoms with Crippen LogP contribution in [0.15, 0.2) is 12.1 Å². The molecule has 2 radical (unpaired) electrons. The molecule has 1 fully saturated rings. The number of methoxy groups -OCH3 is 1. The van der Waals surface area contributed by atoms with E-state index < -0.39 is 6.29 Å². The topological polar surface area (TPSA) is 47.9 Å². The van der Waals surface area contributed by atoms with Crippen LogP contribution in [0.5, 0.6) is 11.5 Å². The average Bonchev–Trinajstić information content (AvgIpc) is 2.71. The van der Waals surface area contributed by atoms with Gasteiger partial charge in [0.25, 0.3) is 0 Å². The minimum Gasteiger partial charge on any atom is -0.504 e. The van der Waals surface area contributed by atoms with E-state index in [0.29, 0.717) is 24.2 Å². The standard InChI is InChI=1S/C10H11BO4/c1-13-9-7(11)3-2-6(8(9)12)10-14-4-5-15-10/h2-3,10,12H,4-5H2,1H3. The number of aromatic hydroxyl groups is 1. The first-order valence-corrected chi connectivity index (χ1v) is 4.62. The lowest BCUT2D eigenvalue weighted by atomic mass is 9.93. The van der Waals surface area contributed by atoms with Gasteiger partial charge in [0.05, 0.1) is 25.9 Å². The zero-order chi connectivity index (χ0) is 10.8. The van der Waals surface area contributed by atoms with Crippen LogP contribution in [-0.2, 0) is 9.47 Å². The predicted molar refractivity (Wildman–Crippen MR) is 54.7 cm³/mol. The molecular formula is C10H11BO4. The van der Waals surface area contributed by atoms with Crippen LogP contribution in [0.2, 0.25) is 0 Å². The second kappa shape index (κ2) is 4.12. The number of hydrogen-bond acceptors (Lipinski definition) is 4. The van der Waals surface area contributed by atoms with Crippen molar-refractivity contribution in [3.8, 4) is 11.5 Å². The number of ether oxygens (including phenoxy) is 3. The van der Waals surface area contributed by atoms with Crippen LogP contribution in [0.4, 0.5) is 0 Å². The SMILES string of the molecule is [B]c1ccc(C2OCCO2)c(O)c1OC. The molecule has 1 aromatic rings. The van der Waals surface area contributed by atoms with Crippen LogP contribution in [0.1, 0.15) is 11.9 Å². The lowest BCUT2D eigenvalue weighted by molar-refractivity contribution is -0.0456. The summed E-state index contributed by atoms with van der Waals surface area (Å²) >= 11 is 0. The number of phenolic OH excluding ortho intramolecular Hbond substituents is 1. The highest BCUT2D eigenvalue weighted by Crippen LogP contribution is 2.35. The van der Waals surface area contributed by atoms with Crippen LogP contribution in [0, 0.1) is 0 Å². The molecule has 2 rings (SSSR count). The van der Waals surface area contributed by atoms with Gasteiger partial charge in [0.1, 0.15) is 7.85 Å². The molecule has 0 aromatic heterocycles. The summed E-state index contributed by atoms with van der Waals surface area (Å²) < 4.78 is 15.6. The molecule has 0 unspecified atom stereocenters. The highest BCUT2D eigenvalue weighted by molar-refractivity contribution is 6.34. The van der Waals surface area contributed by atoms with Crippen LogP contribution in [-0.4, -0.2) is 33.3 Å². The Bertz CT molecular complexity index is 361. The molecule has 0 atom stereocenters. The number of phenols is 1. The van der Waals surface area contributed by atoms with Crippen LogP contribution in [0.25, 0.3) is 0 Å². The van der Waals surface area contributed by atoms with E-state index in [-0.39, 0.29) is 11.5 Å². The van der Waals surface area contributed by atoms with Crippen LogP contribution < -0.4 is 10.2 Å². The van der Waals surface area contributed by atoms with Crippen molar-refractivity contribution in [2.45, 2.75) is 6.29 Å². The van der Waals surface area contributed by atoms with Crippen molar-refractivity contribution in [3.63, 3.8) is 0 Å². The molecular weight excluding hydrogens is 195 g/mol. The molecule has 0 aliphatic carbocycles. The molecule has 1 N–H and O–H groups in total. The summed E-state index contributed by atoms with van der Waals surface area (Å²) in [5, 5.41) is 9.87. The first kappa shape index (κ1) is 10.3. The monoisotopic (exact) mass is 206 g/mol. The van der Waals surface area contributed by atoms with Gasteiger partial charge in [-0.2, -0.15) is 0 Å². The lowest BCUT2D eigenvalue weighted by Gasteiger charge is -2.15. The average molecular weight is 206 g/mol. The van der Waals surface area contributed by atoms with Crippen molar-refractivity contribution in [2.75, 3.05) is 20.3 Å². The Morgan fingerprint density at radius 3 is 2.67 bits per heavy atom. The Hall–Kier alpha value is -1.20. The summed E-state index contributed by atoms with van der Waals surface area (Å²) in [6.45, 7) is 1.05. The summed E-state index contributed by atoms with van der Waals surface area (Å²) in [4.78, 5) is 0. The summed E-state index contributed by atoms with van der Waals surface area (Å²) in [6.07, 6.45) is -0.528. The number of hydrogen-bond donors (Lipinski definition) is 1. The maximum Gasteiger partial charge on any atom is 0.187 e. The van der Waals surface area contributed by atoms with Gasteiger partial charge >= 0.3 is 0 Å². The van der Waals surface area contributed by atoms with Gasteiger partial charge in [-0.15, -0.1) is 0 Å². The lowest BCUT2D eigenvalue weighted by Crippen LogP contribution is -2.10. The minimum atomic E-state index is -0.528. The van der Waals surface area contributed by atoms with Gasteiger partial charge in [-0.25, -0.2) is 0 Å². The van der Waals surface area contributed by atoms with Gasteiger partial charge in [-0.1, -0.05) is 17.6 Å². The van der Waals surface area contributed by atoms with Crippen LogP contribution in [0.3, 0.4) is 0 Å². The van der Waals surface area contributed by atoms with E-state index in [0.717, 1.165) is 0 Å². The van der Waals surface area contributed by atoms with Crippen molar-refractivity contribution < 1.29 is 19.3 Å². The molecule has 1 aromatic carbocycles. The number of benzene rings is 1. The zero-order valence-electron chi connectivity index (χ0n) is 8.40. The Balaban J connectivity index is 2.39. The molecule has 0 bridgehead atoms. The van der Waals surface area contributed by atoms with Crippen molar-refractivity contribution in [1.29, 1.82) is 0 Å². The van der Waals surface area contributed by atoms with Gasteiger partial charge in [0.2, 0.25) is 0 Å². The zero-order valence-corrected chi connectivity index (χ0v) is 8.40. The van der Waals surface area contributed by atoms with E-state index in [1.54, 1.807) is 12.1 Å². The molecule has 0 saturated carbocycles. The Labute approximate surface area is 89.2 Å². The van der Waals surface area contributed by atoms with Gasteiger partial charge in [0.15, 0.2) is 17.8 Å². The van der Waals surface area contributed by atoms with E-state index >= 15 is 0 Å². The Kier molecular flexibility index (Phi) is 2.84. The van der Waals surface area contributed by atoms with Gasteiger partial charge in [0, 0.05) is 0 Å². The van der Waals surface area contributed by atoms with E-state index in [4.69, 9.17) is 22.1 Å². The van der Waals surface area contributed by atoms with Crippen molar-refractivity contribution >= 4 is 13.3 Å². The molecule has 1 aliphatic rings. The molecule has 1 saturated heterocycles. The Morgan fingerprint density at radius 2 is 2.07 bits per heavy atom. The third-order valence-corrected chi connectivity index (χ3v) is 2.27. The summed E-state index contributed by atoms with van der Waals surface area (Å²) in [5.41, 5.74) is 0.926. The van der Waals surface area contributed by atoms with Crippen molar-refractivity contribution in [1.82, 2.24) is 0 Å². The first-order chi connectivity index (χ1) is 7.24. The third-order valence-electron chi connectivity index (χ3n) is 2.27. The van der Waals surface area contributed by atoms with E-state index in [9.17, 15) is 5.11 Å². The summed E-state index contributed by atoms with van der Waals surface area (Å²) in [7, 11) is 7.08. The van der Waals surface area contributed by atoms with Crippen molar-refractivity contribution in [3.05, 3.63) is 17.7 Å². The van der Waals surface area contributed by atoms with E-state index in [1.807, 2.05) is 0 Å². The van der Waals surface area contributed by atoms with Crippen molar-refractivity contribution in [2.24, 2.45) is 0 Å². The van der Waals surface area contributed by atoms with E-state index in [1.165, 1.54) is 7.11 Å². The van der Waals surface area contributed by atoms with Crippen LogP contribution >= 0.6 is 0 Å². The highest BCUT2D eigenvalue weighted by Gasteiger charge is 2.23. The molecule has 0 amide bonds. The fourth-order valence-electron chi connectivity index (χ4n) is 1.54. The van der Waals surface area contributed by atoms with Gasteiger partial charge in [-0.05, 0) is 0 Å². The van der Waals surface area contributed by atoms with E-state index in [2.05, 4.69) is 0 Å². The fraction of sp³-hybridized carbons (Fsp3) is 0.400. The maximum atomic E-state index is 9.87. The molecule has 0 spiro atoms. The fourth-order valence-corrected chi connectivity index (χ4v) is 1.54. The molecule has 1 aliphatic heterocycles. The predicted octanol–water partition coefficient (Wildman–Crippen LogP) is 0.240. The largest absolute Gasteiger partial charge is 0.504 e. The van der Waals surface area contributed by atoms with Gasteiger partial charge < -0.3 is 19.3 Å². The molecule has 78 valence electrons. The normalized spacial score (nSPS) is 16.9.